The van der Waals surface area contributed by atoms with Gasteiger partial charge in [-0.1, -0.05) is 5.16 Å². The maximum absolute atomic E-state index is 12.9. The number of hydrogen-bond acceptors (Lipinski definition) is 5. The van der Waals surface area contributed by atoms with Crippen LogP contribution >= 0.6 is 11.3 Å². The third-order valence-corrected chi connectivity index (χ3v) is 5.33. The van der Waals surface area contributed by atoms with Gasteiger partial charge in [0.25, 0.3) is 5.91 Å². The molecule has 0 aromatic carbocycles. The van der Waals surface area contributed by atoms with E-state index in [1.54, 1.807) is 11.3 Å². The van der Waals surface area contributed by atoms with Crippen molar-refractivity contribution in [1.29, 1.82) is 0 Å². The molecular formula is C17H18N4O2S. The first-order valence-corrected chi connectivity index (χ1v) is 8.80. The maximum Gasteiger partial charge on any atom is 0.274 e. The van der Waals surface area contributed by atoms with E-state index in [1.165, 1.54) is 4.88 Å². The number of aromatic nitrogens is 3. The lowest BCUT2D eigenvalue weighted by Gasteiger charge is -2.21. The third-order valence-electron chi connectivity index (χ3n) is 4.29. The Labute approximate surface area is 143 Å². The molecule has 0 spiro atoms. The quantitative estimate of drug-likeness (QED) is 0.787. The van der Waals surface area contributed by atoms with E-state index in [0.29, 0.717) is 12.2 Å². The van der Waals surface area contributed by atoms with Crippen LogP contribution in [0, 0.1) is 13.8 Å². The van der Waals surface area contributed by atoms with Crippen molar-refractivity contribution in [2.45, 2.75) is 32.7 Å². The summed E-state index contributed by atoms with van der Waals surface area (Å²) < 4.78 is 5.37. The monoisotopic (exact) mass is 342 g/mol. The lowest BCUT2D eigenvalue weighted by atomic mass is 10.1. The van der Waals surface area contributed by atoms with Crippen LogP contribution in [0.1, 0.15) is 45.7 Å². The molecule has 4 heterocycles. The minimum absolute atomic E-state index is 0.0529. The molecule has 0 radical (unpaired) electrons. The predicted octanol–water partition coefficient (Wildman–Crippen LogP) is 3.72. The van der Waals surface area contributed by atoms with Crippen LogP contribution in [0.2, 0.25) is 0 Å². The Bertz CT molecular complexity index is 879. The van der Waals surface area contributed by atoms with E-state index in [1.807, 2.05) is 30.0 Å². The van der Waals surface area contributed by atoms with Gasteiger partial charge in [-0.05, 0) is 44.9 Å². The van der Waals surface area contributed by atoms with Crippen LogP contribution in [0.4, 0.5) is 0 Å². The zero-order chi connectivity index (χ0) is 16.7. The molecule has 1 aliphatic heterocycles. The molecule has 1 N–H and O–H groups in total. The van der Waals surface area contributed by atoms with Crippen LogP contribution in [-0.2, 0) is 0 Å². The van der Waals surface area contributed by atoms with Gasteiger partial charge in [0.15, 0.2) is 11.5 Å². The number of H-pyrrole nitrogens is 1. The van der Waals surface area contributed by atoms with Gasteiger partial charge in [0.2, 0.25) is 0 Å². The van der Waals surface area contributed by atoms with Crippen LogP contribution in [0.5, 0.6) is 0 Å². The van der Waals surface area contributed by atoms with Crippen molar-refractivity contribution in [3.63, 3.8) is 0 Å². The predicted molar refractivity (Wildman–Crippen MR) is 90.9 cm³/mol. The van der Waals surface area contributed by atoms with Gasteiger partial charge >= 0.3 is 0 Å². The number of carbonyl (C=O) groups excluding carboxylic acids is 1. The van der Waals surface area contributed by atoms with Crippen molar-refractivity contribution in [2.24, 2.45) is 0 Å². The highest BCUT2D eigenvalue weighted by atomic mass is 32.1. The van der Waals surface area contributed by atoms with E-state index in [2.05, 4.69) is 28.3 Å². The van der Waals surface area contributed by atoms with Gasteiger partial charge in [-0.25, -0.2) is 0 Å². The van der Waals surface area contributed by atoms with Gasteiger partial charge in [-0.3, -0.25) is 9.89 Å². The second-order valence-corrected chi connectivity index (χ2v) is 7.39. The number of nitrogens with zero attached hydrogens (tertiary/aromatic N) is 3. The summed E-state index contributed by atoms with van der Waals surface area (Å²) in [5.74, 6) is 0.685. The van der Waals surface area contributed by atoms with Crippen LogP contribution in [0.15, 0.2) is 28.8 Å². The molecule has 0 unspecified atom stereocenters. The number of aromatic amines is 1. The summed E-state index contributed by atoms with van der Waals surface area (Å²) in [6.45, 7) is 4.66. The molecule has 0 bridgehead atoms. The first-order chi connectivity index (χ1) is 11.6. The number of nitrogens with one attached hydrogen (secondary N) is 1. The molecule has 3 aromatic rings. The summed E-state index contributed by atoms with van der Waals surface area (Å²) in [5.41, 5.74) is 2.15. The Morgan fingerprint density at radius 3 is 2.96 bits per heavy atom. The van der Waals surface area contributed by atoms with Gasteiger partial charge in [-0.15, -0.1) is 11.3 Å². The molecule has 6 nitrogen and oxygen atoms in total. The van der Waals surface area contributed by atoms with Gasteiger partial charge in [-0.2, -0.15) is 5.10 Å². The molecular weight excluding hydrogens is 324 g/mol. The molecule has 1 amide bonds. The highest BCUT2D eigenvalue weighted by molar-refractivity contribution is 7.15. The maximum atomic E-state index is 12.9. The van der Waals surface area contributed by atoms with Crippen molar-refractivity contribution >= 4 is 17.2 Å². The molecule has 24 heavy (non-hydrogen) atoms. The van der Waals surface area contributed by atoms with Gasteiger partial charge in [0.1, 0.15) is 0 Å². The summed E-state index contributed by atoms with van der Waals surface area (Å²) in [7, 11) is 0. The molecule has 0 aliphatic carbocycles. The van der Waals surface area contributed by atoms with Crippen molar-refractivity contribution in [3.05, 3.63) is 46.3 Å². The summed E-state index contributed by atoms with van der Waals surface area (Å²) in [4.78, 5) is 17.0. The Kier molecular flexibility index (Phi) is 3.72. The Hall–Kier alpha value is -2.41. The van der Waals surface area contributed by atoms with Gasteiger partial charge in [0, 0.05) is 17.5 Å². The smallest absolute Gasteiger partial charge is 0.274 e. The third kappa shape index (κ3) is 2.65. The van der Waals surface area contributed by atoms with Gasteiger partial charge in [0.05, 0.1) is 22.3 Å². The topological polar surface area (TPSA) is 75.0 Å². The van der Waals surface area contributed by atoms with E-state index in [9.17, 15) is 4.79 Å². The van der Waals surface area contributed by atoms with Crippen molar-refractivity contribution < 1.29 is 9.32 Å². The lowest BCUT2D eigenvalue weighted by molar-refractivity contribution is 0.0708. The number of rotatable bonds is 3. The molecule has 3 aromatic heterocycles. The minimum atomic E-state index is -0.0673. The number of aryl methyl sites for hydroxylation is 2. The average Bonchev–Trinajstić information content (AvgIpc) is 3.33. The molecule has 7 heteroatoms. The normalized spacial score (nSPS) is 17.6. The number of amides is 1. The molecule has 0 saturated carbocycles. The molecule has 1 saturated heterocycles. The number of thiophene rings is 1. The fourth-order valence-electron chi connectivity index (χ4n) is 3.13. The summed E-state index contributed by atoms with van der Waals surface area (Å²) in [5, 5.41) is 11.1. The standard InChI is InChI=1S/C17H18N4O2S/c1-10-8-15(23-20-10)14-4-3-7-21(14)17(22)13-9-12(18-19-13)16-6-5-11(2)24-16/h5-6,8-9,14H,3-4,7H2,1-2H3,(H,18,19)/t14-/m1/s1. The second-order valence-electron chi connectivity index (χ2n) is 6.10. The summed E-state index contributed by atoms with van der Waals surface area (Å²) in [6, 6.07) is 7.78. The van der Waals surface area contributed by atoms with Crippen LogP contribution < -0.4 is 0 Å². The molecule has 124 valence electrons. The lowest BCUT2D eigenvalue weighted by Crippen LogP contribution is -2.30. The first kappa shape index (κ1) is 15.1. The first-order valence-electron chi connectivity index (χ1n) is 7.98. The van der Waals surface area contributed by atoms with Crippen LogP contribution in [-0.4, -0.2) is 32.7 Å². The summed E-state index contributed by atoms with van der Waals surface area (Å²) >= 11 is 1.68. The highest BCUT2D eigenvalue weighted by Crippen LogP contribution is 2.34. The van der Waals surface area contributed by atoms with E-state index in [0.717, 1.165) is 34.9 Å². The molecule has 1 aliphatic rings. The minimum Gasteiger partial charge on any atom is -0.359 e. The largest absolute Gasteiger partial charge is 0.359 e. The summed E-state index contributed by atoms with van der Waals surface area (Å²) in [6.07, 6.45) is 1.85. The highest BCUT2D eigenvalue weighted by Gasteiger charge is 2.34. The van der Waals surface area contributed by atoms with E-state index in [-0.39, 0.29) is 11.9 Å². The fraction of sp³-hybridized carbons (Fsp3) is 0.353. The van der Waals surface area contributed by atoms with Crippen molar-refractivity contribution in [2.75, 3.05) is 6.54 Å². The fourth-order valence-corrected chi connectivity index (χ4v) is 3.96. The Morgan fingerprint density at radius 2 is 2.25 bits per heavy atom. The zero-order valence-corrected chi connectivity index (χ0v) is 14.4. The zero-order valence-electron chi connectivity index (χ0n) is 13.6. The Morgan fingerprint density at radius 1 is 1.38 bits per heavy atom. The van der Waals surface area contributed by atoms with Crippen LogP contribution in [0.3, 0.4) is 0 Å². The molecule has 1 fully saturated rings. The molecule has 4 rings (SSSR count). The molecule has 1 atom stereocenters. The number of carbonyl (C=O) groups is 1. The van der Waals surface area contributed by atoms with E-state index < -0.39 is 0 Å². The van der Waals surface area contributed by atoms with Crippen molar-refractivity contribution in [3.8, 4) is 10.6 Å². The van der Waals surface area contributed by atoms with Gasteiger partial charge < -0.3 is 9.42 Å². The van der Waals surface area contributed by atoms with Crippen LogP contribution in [0.25, 0.3) is 10.6 Å². The second kappa shape index (κ2) is 5.90. The van der Waals surface area contributed by atoms with Crippen molar-refractivity contribution in [1.82, 2.24) is 20.3 Å². The Balaban J connectivity index is 1.58. The number of hydrogen-bond donors (Lipinski definition) is 1. The van der Waals surface area contributed by atoms with E-state index in [4.69, 9.17) is 4.52 Å². The number of likely N-dealkylation sites (tertiary alicyclic amines) is 1. The van der Waals surface area contributed by atoms with E-state index >= 15 is 0 Å². The SMILES string of the molecule is Cc1cc([C@H]2CCCN2C(=O)c2cc(-c3ccc(C)s3)[nH]n2)on1. The average molecular weight is 342 g/mol.